The van der Waals surface area contributed by atoms with Gasteiger partial charge in [-0.3, -0.25) is 4.90 Å². The van der Waals surface area contributed by atoms with E-state index in [0.29, 0.717) is 11.3 Å². The molecule has 1 aliphatic heterocycles. The first kappa shape index (κ1) is 10.4. The van der Waals surface area contributed by atoms with Crippen molar-refractivity contribution >= 4 is 11.8 Å². The number of β-amino-alcohol motifs (C(OH)–C–C–N with tert-alkyl or cyclic N) is 1. The van der Waals surface area contributed by atoms with Crippen molar-refractivity contribution in [2.75, 3.05) is 18.8 Å². The maximum Gasteiger partial charge on any atom is 0.0639 e. The summed E-state index contributed by atoms with van der Waals surface area (Å²) in [5.41, 5.74) is 0. The first-order valence-electron chi connectivity index (χ1n) is 4.65. The van der Waals surface area contributed by atoms with Gasteiger partial charge in [0, 0.05) is 30.1 Å². The Balaban J connectivity index is 2.41. The van der Waals surface area contributed by atoms with E-state index in [0.717, 1.165) is 13.1 Å². The van der Waals surface area contributed by atoms with E-state index >= 15 is 0 Å². The highest BCUT2D eigenvalue weighted by molar-refractivity contribution is 8.00. The molecular formula is C9H19NOS. The minimum Gasteiger partial charge on any atom is -0.392 e. The molecule has 3 unspecified atom stereocenters. The van der Waals surface area contributed by atoms with E-state index in [1.54, 1.807) is 0 Å². The molecule has 0 spiro atoms. The van der Waals surface area contributed by atoms with Gasteiger partial charge < -0.3 is 5.11 Å². The van der Waals surface area contributed by atoms with E-state index in [1.165, 1.54) is 5.75 Å². The zero-order valence-electron chi connectivity index (χ0n) is 8.16. The molecule has 3 atom stereocenters. The van der Waals surface area contributed by atoms with Crippen molar-refractivity contribution in [3.05, 3.63) is 0 Å². The van der Waals surface area contributed by atoms with Crippen LogP contribution in [-0.2, 0) is 0 Å². The summed E-state index contributed by atoms with van der Waals surface area (Å²) in [6, 6.07) is 0.610. The fourth-order valence-corrected chi connectivity index (χ4v) is 2.75. The third-order valence-electron chi connectivity index (χ3n) is 2.51. The van der Waals surface area contributed by atoms with E-state index in [-0.39, 0.29) is 6.10 Å². The van der Waals surface area contributed by atoms with Crippen LogP contribution in [0.1, 0.15) is 20.8 Å². The Kier molecular flexibility index (Phi) is 3.87. The van der Waals surface area contributed by atoms with Gasteiger partial charge >= 0.3 is 0 Å². The fourth-order valence-electron chi connectivity index (χ4n) is 1.59. The minimum absolute atomic E-state index is 0.192. The highest BCUT2D eigenvalue weighted by atomic mass is 32.2. The van der Waals surface area contributed by atoms with Crippen LogP contribution in [0, 0.1) is 0 Å². The van der Waals surface area contributed by atoms with Crippen molar-refractivity contribution in [3.63, 3.8) is 0 Å². The van der Waals surface area contributed by atoms with Crippen LogP contribution in [0.15, 0.2) is 0 Å². The molecule has 0 aliphatic carbocycles. The average Bonchev–Trinajstić information content (AvgIpc) is 1.98. The zero-order valence-corrected chi connectivity index (χ0v) is 8.97. The number of rotatable bonds is 2. The van der Waals surface area contributed by atoms with E-state index < -0.39 is 0 Å². The van der Waals surface area contributed by atoms with Crippen molar-refractivity contribution in [2.24, 2.45) is 0 Å². The summed E-state index contributed by atoms with van der Waals surface area (Å²) in [5, 5.41) is 9.97. The maximum atomic E-state index is 9.26. The van der Waals surface area contributed by atoms with Crippen LogP contribution in [0.25, 0.3) is 0 Å². The summed E-state index contributed by atoms with van der Waals surface area (Å²) in [6.45, 7) is 8.33. The van der Waals surface area contributed by atoms with E-state index in [4.69, 9.17) is 0 Å². The van der Waals surface area contributed by atoms with E-state index in [1.807, 2.05) is 18.7 Å². The van der Waals surface area contributed by atoms with Gasteiger partial charge in [-0.2, -0.15) is 11.8 Å². The molecule has 1 aliphatic rings. The zero-order chi connectivity index (χ0) is 9.14. The lowest BCUT2D eigenvalue weighted by molar-refractivity contribution is 0.105. The number of thioether (sulfide) groups is 1. The molecule has 3 heteroatoms. The molecule has 1 rings (SSSR count). The molecule has 0 aromatic heterocycles. The lowest BCUT2D eigenvalue weighted by atomic mass is 10.2. The Labute approximate surface area is 79.3 Å². The molecule has 0 radical (unpaired) electrons. The van der Waals surface area contributed by atoms with Gasteiger partial charge in [-0.05, 0) is 13.8 Å². The summed E-state index contributed by atoms with van der Waals surface area (Å²) >= 11 is 2.03. The van der Waals surface area contributed by atoms with E-state index in [2.05, 4.69) is 18.7 Å². The quantitative estimate of drug-likeness (QED) is 0.706. The van der Waals surface area contributed by atoms with Crippen LogP contribution in [0.2, 0.25) is 0 Å². The van der Waals surface area contributed by atoms with Crippen LogP contribution in [0.4, 0.5) is 0 Å². The average molecular weight is 189 g/mol. The molecule has 0 aromatic rings. The van der Waals surface area contributed by atoms with Crippen LogP contribution < -0.4 is 0 Å². The van der Waals surface area contributed by atoms with Gasteiger partial charge in [-0.1, -0.05) is 6.92 Å². The van der Waals surface area contributed by atoms with Gasteiger partial charge in [0.2, 0.25) is 0 Å². The van der Waals surface area contributed by atoms with Crippen LogP contribution in [0.3, 0.4) is 0 Å². The first-order valence-corrected chi connectivity index (χ1v) is 5.70. The van der Waals surface area contributed by atoms with Crippen LogP contribution >= 0.6 is 11.8 Å². The summed E-state index contributed by atoms with van der Waals surface area (Å²) in [7, 11) is 0. The van der Waals surface area contributed by atoms with Crippen molar-refractivity contribution in [1.29, 1.82) is 0 Å². The third-order valence-corrected chi connectivity index (χ3v) is 3.85. The minimum atomic E-state index is -0.192. The van der Waals surface area contributed by atoms with Crippen molar-refractivity contribution in [3.8, 4) is 0 Å². The lowest BCUT2D eigenvalue weighted by Gasteiger charge is -2.38. The van der Waals surface area contributed by atoms with E-state index in [9.17, 15) is 5.11 Å². The molecular weight excluding hydrogens is 170 g/mol. The SMILES string of the molecule is CC(O)CN1CCSC(C)C1C. The Bertz CT molecular complexity index is 140. The third kappa shape index (κ3) is 2.64. The molecule has 1 saturated heterocycles. The molecule has 0 aromatic carbocycles. The van der Waals surface area contributed by atoms with Crippen molar-refractivity contribution < 1.29 is 5.11 Å². The second kappa shape index (κ2) is 4.49. The largest absolute Gasteiger partial charge is 0.392 e. The highest BCUT2D eigenvalue weighted by Gasteiger charge is 2.25. The second-order valence-electron chi connectivity index (χ2n) is 3.66. The molecule has 1 fully saturated rings. The summed E-state index contributed by atoms with van der Waals surface area (Å²) in [6.07, 6.45) is -0.192. The molecule has 12 heavy (non-hydrogen) atoms. The Morgan fingerprint density at radius 3 is 2.83 bits per heavy atom. The Morgan fingerprint density at radius 1 is 1.58 bits per heavy atom. The van der Waals surface area contributed by atoms with Crippen molar-refractivity contribution in [1.82, 2.24) is 4.90 Å². The van der Waals surface area contributed by atoms with Gasteiger partial charge in [-0.15, -0.1) is 0 Å². The molecule has 2 nitrogen and oxygen atoms in total. The standard InChI is InChI=1S/C9H19NOS/c1-7(11)6-10-4-5-12-9(3)8(10)2/h7-9,11H,4-6H2,1-3H3. The first-order chi connectivity index (χ1) is 5.61. The maximum absolute atomic E-state index is 9.26. The molecule has 0 saturated carbocycles. The number of hydrogen-bond donors (Lipinski definition) is 1. The van der Waals surface area contributed by atoms with Gasteiger partial charge in [0.1, 0.15) is 0 Å². The topological polar surface area (TPSA) is 23.5 Å². The second-order valence-corrected chi connectivity index (χ2v) is 5.15. The summed E-state index contributed by atoms with van der Waals surface area (Å²) < 4.78 is 0. The summed E-state index contributed by atoms with van der Waals surface area (Å²) in [5.74, 6) is 1.21. The Morgan fingerprint density at radius 2 is 2.25 bits per heavy atom. The fraction of sp³-hybridized carbons (Fsp3) is 1.00. The Hall–Kier alpha value is 0.270. The van der Waals surface area contributed by atoms with Crippen LogP contribution in [-0.4, -0.2) is 46.2 Å². The highest BCUT2D eigenvalue weighted by Crippen LogP contribution is 2.23. The molecule has 0 bridgehead atoms. The number of aliphatic hydroxyl groups is 1. The number of aliphatic hydroxyl groups excluding tert-OH is 1. The van der Waals surface area contributed by atoms with Gasteiger partial charge in [0.15, 0.2) is 0 Å². The summed E-state index contributed by atoms with van der Waals surface area (Å²) in [4.78, 5) is 2.38. The van der Waals surface area contributed by atoms with Gasteiger partial charge in [0.05, 0.1) is 6.10 Å². The number of nitrogens with zero attached hydrogens (tertiary/aromatic N) is 1. The monoisotopic (exact) mass is 189 g/mol. The van der Waals surface area contributed by atoms with Gasteiger partial charge in [-0.25, -0.2) is 0 Å². The van der Waals surface area contributed by atoms with Crippen molar-refractivity contribution in [2.45, 2.75) is 38.2 Å². The molecule has 0 amide bonds. The molecule has 1 N–H and O–H groups in total. The smallest absolute Gasteiger partial charge is 0.0639 e. The predicted octanol–water partition coefficient (Wildman–Crippen LogP) is 1.19. The molecule has 72 valence electrons. The lowest BCUT2D eigenvalue weighted by Crippen LogP contribution is -2.47. The molecule has 1 heterocycles. The normalized spacial score (nSPS) is 35.0. The predicted molar refractivity (Wildman–Crippen MR) is 54.6 cm³/mol. The van der Waals surface area contributed by atoms with Gasteiger partial charge in [0.25, 0.3) is 0 Å². The number of hydrogen-bond acceptors (Lipinski definition) is 3. The van der Waals surface area contributed by atoms with Crippen LogP contribution in [0.5, 0.6) is 0 Å².